The third kappa shape index (κ3) is 1.77. The fourth-order valence-corrected chi connectivity index (χ4v) is 2.63. The second-order valence-electron chi connectivity index (χ2n) is 4.33. The van der Waals surface area contributed by atoms with Crippen molar-refractivity contribution < 1.29 is 0 Å². The molecule has 0 bridgehead atoms. The normalized spacial score (nSPS) is 10.8. The number of fused-ring (bicyclic) bond motifs is 1. The largest absolute Gasteiger partial charge is 0.264 e. The van der Waals surface area contributed by atoms with Crippen LogP contribution in [0.1, 0.15) is 5.56 Å². The number of aromatic nitrogens is 1. The number of halogens is 1. The van der Waals surface area contributed by atoms with E-state index in [9.17, 15) is 0 Å². The summed E-state index contributed by atoms with van der Waals surface area (Å²) in [5.41, 5.74) is 3.42. The quantitative estimate of drug-likeness (QED) is 0.603. The van der Waals surface area contributed by atoms with Crippen molar-refractivity contribution >= 4 is 22.4 Å². The number of hydrogen-bond acceptors (Lipinski definition) is 1. The molecule has 0 N–H and O–H groups in total. The minimum atomic E-state index is 0.784. The van der Waals surface area contributed by atoms with Crippen molar-refractivity contribution in [2.75, 3.05) is 0 Å². The Morgan fingerprint density at radius 2 is 1.83 bits per heavy atom. The Bertz CT molecular complexity index is 694. The van der Waals surface area contributed by atoms with Crippen molar-refractivity contribution in [2.45, 2.75) is 6.92 Å². The Morgan fingerprint density at radius 1 is 1.00 bits per heavy atom. The van der Waals surface area contributed by atoms with E-state index < -0.39 is 0 Å². The van der Waals surface area contributed by atoms with Gasteiger partial charge in [-0.25, -0.2) is 0 Å². The molecule has 0 atom stereocenters. The zero-order valence-electron chi connectivity index (χ0n) is 10.0. The van der Waals surface area contributed by atoms with Crippen molar-refractivity contribution in [3.63, 3.8) is 0 Å². The molecule has 3 rings (SSSR count). The molecule has 18 heavy (non-hydrogen) atoms. The number of nitrogens with zero attached hydrogens (tertiary/aromatic N) is 1. The molecule has 3 aromatic rings. The molecule has 1 nitrogen and oxygen atoms in total. The second-order valence-corrected chi connectivity index (χ2v) is 4.74. The molecule has 0 saturated carbocycles. The van der Waals surface area contributed by atoms with E-state index in [2.05, 4.69) is 36.2 Å². The summed E-state index contributed by atoms with van der Waals surface area (Å²) in [6.07, 6.45) is 3.71. The maximum Gasteiger partial charge on any atom is 0.0487 e. The summed E-state index contributed by atoms with van der Waals surface area (Å²) in [7, 11) is 0. The van der Waals surface area contributed by atoms with E-state index in [4.69, 9.17) is 11.6 Å². The molecule has 0 fully saturated rings. The van der Waals surface area contributed by atoms with Gasteiger partial charge in [0.05, 0.1) is 0 Å². The Hall–Kier alpha value is -1.86. The molecule has 2 aromatic carbocycles. The van der Waals surface area contributed by atoms with E-state index in [1.54, 1.807) is 0 Å². The highest BCUT2D eigenvalue weighted by Crippen LogP contribution is 2.35. The van der Waals surface area contributed by atoms with Gasteiger partial charge in [-0.3, -0.25) is 4.98 Å². The van der Waals surface area contributed by atoms with E-state index in [-0.39, 0.29) is 0 Å². The SMILES string of the molecule is Cc1cccc(Cl)c1-c1cccc2ccncc12. The van der Waals surface area contributed by atoms with Crippen LogP contribution in [-0.2, 0) is 0 Å². The summed E-state index contributed by atoms with van der Waals surface area (Å²) in [6.45, 7) is 2.08. The van der Waals surface area contributed by atoms with E-state index in [1.165, 1.54) is 10.9 Å². The van der Waals surface area contributed by atoms with E-state index in [1.807, 2.05) is 30.6 Å². The molecule has 0 aliphatic heterocycles. The lowest BCUT2D eigenvalue weighted by Crippen LogP contribution is -1.87. The summed E-state index contributed by atoms with van der Waals surface area (Å²) >= 11 is 6.34. The Kier molecular flexibility index (Phi) is 2.77. The van der Waals surface area contributed by atoms with Gasteiger partial charge < -0.3 is 0 Å². The number of pyridine rings is 1. The summed E-state index contributed by atoms with van der Waals surface area (Å²) in [5, 5.41) is 3.10. The van der Waals surface area contributed by atoms with Crippen LogP contribution < -0.4 is 0 Å². The smallest absolute Gasteiger partial charge is 0.0487 e. The molecule has 0 unspecified atom stereocenters. The molecular weight excluding hydrogens is 242 g/mol. The van der Waals surface area contributed by atoms with Gasteiger partial charge in [0.1, 0.15) is 0 Å². The van der Waals surface area contributed by atoms with Crippen LogP contribution in [-0.4, -0.2) is 4.98 Å². The van der Waals surface area contributed by atoms with Crippen LogP contribution in [0, 0.1) is 6.92 Å². The van der Waals surface area contributed by atoms with Crippen LogP contribution in [0.25, 0.3) is 21.9 Å². The van der Waals surface area contributed by atoms with Gasteiger partial charge in [-0.1, -0.05) is 41.9 Å². The highest BCUT2D eigenvalue weighted by atomic mass is 35.5. The fraction of sp³-hybridized carbons (Fsp3) is 0.0625. The van der Waals surface area contributed by atoms with Gasteiger partial charge in [0, 0.05) is 28.4 Å². The Morgan fingerprint density at radius 3 is 2.67 bits per heavy atom. The molecule has 0 radical (unpaired) electrons. The summed E-state index contributed by atoms with van der Waals surface area (Å²) in [6, 6.07) is 14.2. The topological polar surface area (TPSA) is 12.9 Å². The van der Waals surface area contributed by atoms with Crippen molar-refractivity contribution in [3.8, 4) is 11.1 Å². The Labute approximate surface area is 111 Å². The van der Waals surface area contributed by atoms with Crippen molar-refractivity contribution in [2.24, 2.45) is 0 Å². The second kappa shape index (κ2) is 4.43. The predicted molar refractivity (Wildman–Crippen MR) is 76.9 cm³/mol. The fourth-order valence-electron chi connectivity index (χ4n) is 2.30. The highest BCUT2D eigenvalue weighted by Gasteiger charge is 2.09. The molecule has 1 heterocycles. The van der Waals surface area contributed by atoms with Gasteiger partial charge in [0.2, 0.25) is 0 Å². The first kappa shape index (κ1) is 11.2. The summed E-state index contributed by atoms with van der Waals surface area (Å²) in [4.78, 5) is 4.22. The monoisotopic (exact) mass is 253 g/mol. The number of benzene rings is 2. The van der Waals surface area contributed by atoms with Crippen molar-refractivity contribution in [3.05, 3.63) is 65.4 Å². The minimum absolute atomic E-state index is 0.784. The number of aryl methyl sites for hydroxylation is 1. The van der Waals surface area contributed by atoms with Gasteiger partial charge in [0.15, 0.2) is 0 Å². The summed E-state index contributed by atoms with van der Waals surface area (Å²) in [5.74, 6) is 0. The van der Waals surface area contributed by atoms with Crippen molar-refractivity contribution in [1.29, 1.82) is 0 Å². The maximum absolute atomic E-state index is 6.34. The highest BCUT2D eigenvalue weighted by molar-refractivity contribution is 6.34. The lowest BCUT2D eigenvalue weighted by atomic mass is 9.96. The maximum atomic E-state index is 6.34. The van der Waals surface area contributed by atoms with Crippen LogP contribution in [0.15, 0.2) is 54.9 Å². The molecule has 0 saturated heterocycles. The van der Waals surface area contributed by atoms with Gasteiger partial charge in [0.25, 0.3) is 0 Å². The van der Waals surface area contributed by atoms with Crippen LogP contribution >= 0.6 is 11.6 Å². The third-order valence-corrected chi connectivity index (χ3v) is 3.49. The van der Waals surface area contributed by atoms with Crippen molar-refractivity contribution in [1.82, 2.24) is 4.98 Å². The van der Waals surface area contributed by atoms with Gasteiger partial charge in [-0.05, 0) is 35.6 Å². The average molecular weight is 254 g/mol. The average Bonchev–Trinajstić information content (AvgIpc) is 2.39. The molecule has 0 aliphatic rings. The first-order valence-corrected chi connectivity index (χ1v) is 6.23. The zero-order valence-corrected chi connectivity index (χ0v) is 10.8. The van der Waals surface area contributed by atoms with Crippen LogP contribution in [0.2, 0.25) is 5.02 Å². The first-order valence-electron chi connectivity index (χ1n) is 5.85. The minimum Gasteiger partial charge on any atom is -0.264 e. The van der Waals surface area contributed by atoms with Crippen LogP contribution in [0.3, 0.4) is 0 Å². The number of hydrogen-bond donors (Lipinski definition) is 0. The van der Waals surface area contributed by atoms with E-state index >= 15 is 0 Å². The standard InChI is InChI=1S/C16H12ClN/c1-11-4-2-7-15(17)16(11)13-6-3-5-12-8-9-18-10-14(12)13/h2-10H,1H3. The van der Waals surface area contributed by atoms with Gasteiger partial charge in [-0.15, -0.1) is 0 Å². The number of rotatable bonds is 1. The first-order chi connectivity index (χ1) is 8.77. The molecule has 0 aliphatic carbocycles. The van der Waals surface area contributed by atoms with E-state index in [0.717, 1.165) is 21.5 Å². The molecule has 2 heteroatoms. The third-order valence-electron chi connectivity index (χ3n) is 3.17. The molecule has 88 valence electrons. The predicted octanol–water partition coefficient (Wildman–Crippen LogP) is 4.86. The molecular formula is C16H12ClN. The van der Waals surface area contributed by atoms with E-state index in [0.29, 0.717) is 0 Å². The van der Waals surface area contributed by atoms with Gasteiger partial charge >= 0.3 is 0 Å². The van der Waals surface area contributed by atoms with Crippen LogP contribution in [0.4, 0.5) is 0 Å². The Balaban J connectivity index is 2.39. The van der Waals surface area contributed by atoms with Gasteiger partial charge in [-0.2, -0.15) is 0 Å². The summed E-state index contributed by atoms with van der Waals surface area (Å²) < 4.78 is 0. The molecule has 0 spiro atoms. The lowest BCUT2D eigenvalue weighted by Gasteiger charge is -2.11. The molecule has 1 aromatic heterocycles. The zero-order chi connectivity index (χ0) is 12.5. The van der Waals surface area contributed by atoms with Crippen LogP contribution in [0.5, 0.6) is 0 Å². The molecule has 0 amide bonds. The lowest BCUT2D eigenvalue weighted by molar-refractivity contribution is 1.36.